The molecule has 1 atom stereocenters. The van der Waals surface area contributed by atoms with Gasteiger partial charge in [0.25, 0.3) is 0 Å². The van der Waals surface area contributed by atoms with Gasteiger partial charge in [0.1, 0.15) is 5.82 Å². The number of carbonyl (C=O) groups excluding carboxylic acids is 1. The Balaban J connectivity index is 1.80. The van der Waals surface area contributed by atoms with Crippen LogP contribution in [0.25, 0.3) is 11.1 Å². The van der Waals surface area contributed by atoms with Crippen molar-refractivity contribution in [2.24, 2.45) is 0 Å². The Kier molecular flexibility index (Phi) is 4.58. The van der Waals surface area contributed by atoms with Crippen LogP contribution in [0.1, 0.15) is 22.8 Å². The van der Waals surface area contributed by atoms with Crippen LogP contribution in [0.4, 0.5) is 10.1 Å². The Labute approximate surface area is 160 Å². The van der Waals surface area contributed by atoms with E-state index in [0.717, 1.165) is 27.3 Å². The molecule has 0 bridgehead atoms. The number of anilines is 1. The zero-order valence-electron chi connectivity index (χ0n) is 14.9. The molecule has 4 nitrogen and oxygen atoms in total. The topological polar surface area (TPSA) is 47.6 Å². The summed E-state index contributed by atoms with van der Waals surface area (Å²) in [6.07, 6.45) is 0.308. The quantitative estimate of drug-likeness (QED) is 0.686. The van der Waals surface area contributed by atoms with Gasteiger partial charge in [-0.3, -0.25) is 4.79 Å². The Morgan fingerprint density at radius 2 is 1.93 bits per heavy atom. The second kappa shape index (κ2) is 7.04. The van der Waals surface area contributed by atoms with Crippen LogP contribution in [0.15, 0.2) is 47.8 Å². The summed E-state index contributed by atoms with van der Waals surface area (Å²) >= 11 is 1.57. The fraction of sp³-hybridized carbons (Fsp3) is 0.190. The highest BCUT2D eigenvalue weighted by molar-refractivity contribution is 7.11. The van der Waals surface area contributed by atoms with Crippen molar-refractivity contribution in [1.82, 2.24) is 0 Å². The fourth-order valence-electron chi connectivity index (χ4n) is 3.44. The highest BCUT2D eigenvalue weighted by Gasteiger charge is 2.30. The van der Waals surface area contributed by atoms with Crippen LogP contribution >= 0.6 is 11.3 Å². The molecular formula is C21H18FNO3S. The van der Waals surface area contributed by atoms with E-state index in [1.54, 1.807) is 31.6 Å². The monoisotopic (exact) mass is 383 g/mol. The fourth-order valence-corrected chi connectivity index (χ4v) is 4.60. The first-order chi connectivity index (χ1) is 13.1. The van der Waals surface area contributed by atoms with Gasteiger partial charge in [-0.25, -0.2) is 4.39 Å². The third-order valence-electron chi connectivity index (χ3n) is 4.74. The number of benzene rings is 2. The van der Waals surface area contributed by atoms with E-state index in [1.807, 2.05) is 29.6 Å². The number of hydrogen-bond acceptors (Lipinski definition) is 4. The molecule has 2 aromatic carbocycles. The Morgan fingerprint density at radius 3 is 2.67 bits per heavy atom. The minimum Gasteiger partial charge on any atom is -0.493 e. The lowest BCUT2D eigenvalue weighted by atomic mass is 9.89. The molecule has 1 N–H and O–H groups in total. The molecule has 0 radical (unpaired) electrons. The van der Waals surface area contributed by atoms with Crippen molar-refractivity contribution in [2.45, 2.75) is 12.3 Å². The number of carbonyl (C=O) groups is 1. The molecule has 1 aliphatic rings. The highest BCUT2D eigenvalue weighted by atomic mass is 32.1. The first-order valence-electron chi connectivity index (χ1n) is 8.49. The smallest absolute Gasteiger partial charge is 0.225 e. The Morgan fingerprint density at radius 1 is 1.11 bits per heavy atom. The maximum Gasteiger partial charge on any atom is 0.225 e. The lowest BCUT2D eigenvalue weighted by Crippen LogP contribution is -2.22. The molecule has 0 aliphatic carbocycles. The van der Waals surface area contributed by atoms with Crippen LogP contribution in [0, 0.1) is 5.82 Å². The van der Waals surface area contributed by atoms with Crippen molar-refractivity contribution in [2.75, 3.05) is 19.5 Å². The molecule has 0 saturated heterocycles. The number of methoxy groups -OCH3 is 2. The lowest BCUT2D eigenvalue weighted by molar-refractivity contribution is -0.116. The second-order valence-electron chi connectivity index (χ2n) is 6.32. The first-order valence-corrected chi connectivity index (χ1v) is 9.37. The molecule has 2 heterocycles. The van der Waals surface area contributed by atoms with Gasteiger partial charge in [0.05, 0.1) is 19.9 Å². The Hall–Kier alpha value is -2.86. The van der Waals surface area contributed by atoms with E-state index in [-0.39, 0.29) is 17.6 Å². The molecule has 1 amide bonds. The number of rotatable bonds is 4. The van der Waals surface area contributed by atoms with Crippen molar-refractivity contribution in [1.29, 1.82) is 0 Å². The van der Waals surface area contributed by atoms with Gasteiger partial charge >= 0.3 is 0 Å². The van der Waals surface area contributed by atoms with Gasteiger partial charge in [-0.2, -0.15) is 0 Å². The third-order valence-corrected chi connectivity index (χ3v) is 5.83. The summed E-state index contributed by atoms with van der Waals surface area (Å²) in [6, 6.07) is 12.1. The molecule has 0 saturated carbocycles. The van der Waals surface area contributed by atoms with Crippen molar-refractivity contribution < 1.29 is 18.7 Å². The number of amides is 1. The summed E-state index contributed by atoms with van der Waals surface area (Å²) in [4.78, 5) is 13.4. The Bertz CT molecular complexity index is 1010. The van der Waals surface area contributed by atoms with Crippen LogP contribution in [0.2, 0.25) is 0 Å². The van der Waals surface area contributed by atoms with Crippen molar-refractivity contribution in [3.8, 4) is 22.6 Å². The minimum atomic E-state index is -0.295. The molecule has 1 aromatic heterocycles. The molecule has 6 heteroatoms. The minimum absolute atomic E-state index is 0.0723. The maximum atomic E-state index is 13.7. The SMILES string of the molecule is COc1ccc(-c2csc3c2NC(=O)CC3c2cccc(F)c2)cc1OC. The number of halogens is 1. The van der Waals surface area contributed by atoms with E-state index in [0.29, 0.717) is 17.9 Å². The zero-order valence-corrected chi connectivity index (χ0v) is 15.7. The molecule has 1 aliphatic heterocycles. The van der Waals surface area contributed by atoms with Crippen LogP contribution in [0.3, 0.4) is 0 Å². The summed E-state index contributed by atoms with van der Waals surface area (Å²) in [5, 5.41) is 5.01. The molecule has 1 unspecified atom stereocenters. The van der Waals surface area contributed by atoms with Crippen molar-refractivity contribution >= 4 is 22.9 Å². The van der Waals surface area contributed by atoms with Gasteiger partial charge in [0.2, 0.25) is 5.91 Å². The van der Waals surface area contributed by atoms with Crippen molar-refractivity contribution in [3.05, 3.63) is 64.1 Å². The highest BCUT2D eigenvalue weighted by Crippen LogP contribution is 2.47. The summed E-state index contributed by atoms with van der Waals surface area (Å²) in [5.41, 5.74) is 3.44. The largest absolute Gasteiger partial charge is 0.493 e. The molecular weight excluding hydrogens is 365 g/mol. The lowest BCUT2D eigenvalue weighted by Gasteiger charge is -2.24. The molecule has 27 heavy (non-hydrogen) atoms. The van der Waals surface area contributed by atoms with Crippen LogP contribution in [0.5, 0.6) is 11.5 Å². The predicted molar refractivity (Wildman–Crippen MR) is 104 cm³/mol. The normalized spacial score (nSPS) is 15.8. The number of hydrogen-bond donors (Lipinski definition) is 1. The first kappa shape index (κ1) is 17.5. The molecule has 138 valence electrons. The third kappa shape index (κ3) is 3.17. The van der Waals surface area contributed by atoms with E-state index in [4.69, 9.17) is 9.47 Å². The van der Waals surface area contributed by atoms with Gasteiger partial charge in [0.15, 0.2) is 11.5 Å². The molecule has 3 aromatic rings. The molecule has 0 spiro atoms. The van der Waals surface area contributed by atoms with E-state index in [2.05, 4.69) is 5.32 Å². The average molecular weight is 383 g/mol. The summed E-state index contributed by atoms with van der Waals surface area (Å²) in [5.74, 6) is 0.753. The summed E-state index contributed by atoms with van der Waals surface area (Å²) in [7, 11) is 3.18. The molecule has 4 rings (SSSR count). The van der Waals surface area contributed by atoms with Crippen molar-refractivity contribution in [3.63, 3.8) is 0 Å². The summed E-state index contributed by atoms with van der Waals surface area (Å²) in [6.45, 7) is 0. The number of fused-ring (bicyclic) bond motifs is 1. The van der Waals surface area contributed by atoms with Gasteiger partial charge in [-0.15, -0.1) is 11.3 Å². The molecule has 0 fully saturated rings. The maximum absolute atomic E-state index is 13.7. The standard InChI is InChI=1S/C21H18FNO3S/c1-25-17-7-6-13(9-18(17)26-2)16-11-27-21-15(10-19(24)23-20(16)21)12-4-3-5-14(22)8-12/h3-9,11,15H,10H2,1-2H3,(H,23,24). The number of nitrogens with one attached hydrogen (secondary N) is 1. The van der Waals surface area contributed by atoms with Crippen LogP contribution < -0.4 is 14.8 Å². The zero-order chi connectivity index (χ0) is 19.0. The van der Waals surface area contributed by atoms with Crippen LogP contribution in [-0.4, -0.2) is 20.1 Å². The van der Waals surface area contributed by atoms with Gasteiger partial charge < -0.3 is 14.8 Å². The van der Waals surface area contributed by atoms with E-state index in [1.165, 1.54) is 12.1 Å². The van der Waals surface area contributed by atoms with E-state index in [9.17, 15) is 9.18 Å². The van der Waals surface area contributed by atoms with E-state index < -0.39 is 0 Å². The number of thiophene rings is 1. The second-order valence-corrected chi connectivity index (χ2v) is 7.23. The van der Waals surface area contributed by atoms with Gasteiger partial charge in [-0.1, -0.05) is 18.2 Å². The van der Waals surface area contributed by atoms with E-state index >= 15 is 0 Å². The van der Waals surface area contributed by atoms with Gasteiger partial charge in [0, 0.05) is 28.2 Å². The van der Waals surface area contributed by atoms with Crippen LogP contribution in [-0.2, 0) is 4.79 Å². The number of ether oxygens (including phenoxy) is 2. The average Bonchev–Trinajstić information content (AvgIpc) is 3.10. The summed E-state index contributed by atoms with van der Waals surface area (Å²) < 4.78 is 24.4. The van der Waals surface area contributed by atoms with Gasteiger partial charge in [-0.05, 0) is 35.4 Å². The predicted octanol–water partition coefficient (Wildman–Crippen LogP) is 5.05.